The second-order valence-electron chi connectivity index (χ2n) is 15.7. The number of hydrogen-bond donors (Lipinski definition) is 0. The Balaban J connectivity index is 4.46. The first-order valence-corrected chi connectivity index (χ1v) is 23.5. The molecule has 0 rings (SSSR count). The minimum absolute atomic E-state index is 0.0429. The third kappa shape index (κ3) is 41.3. The van der Waals surface area contributed by atoms with Crippen molar-refractivity contribution in [2.24, 2.45) is 0 Å². The molecule has 0 aliphatic rings. The highest BCUT2D eigenvalue weighted by atomic mass is 31.2. The summed E-state index contributed by atoms with van der Waals surface area (Å²) in [4.78, 5) is 37.5. The fraction of sp³-hybridized carbons (Fsp3) is 0.739. The number of quaternary nitrogens is 1. The van der Waals surface area contributed by atoms with Gasteiger partial charge in [-0.3, -0.25) is 14.2 Å². The van der Waals surface area contributed by atoms with Crippen molar-refractivity contribution >= 4 is 19.8 Å². The summed E-state index contributed by atoms with van der Waals surface area (Å²) in [6.45, 7) is 4.04. The van der Waals surface area contributed by atoms with E-state index in [1.54, 1.807) is 0 Å². The minimum Gasteiger partial charge on any atom is -0.756 e. The lowest BCUT2D eigenvalue weighted by molar-refractivity contribution is -0.870. The van der Waals surface area contributed by atoms with Crippen LogP contribution < -0.4 is 4.89 Å². The van der Waals surface area contributed by atoms with Crippen LogP contribution in [0.15, 0.2) is 60.8 Å². The van der Waals surface area contributed by atoms with Gasteiger partial charge in [0.2, 0.25) is 0 Å². The first-order chi connectivity index (χ1) is 27.0. The minimum atomic E-state index is -4.64. The van der Waals surface area contributed by atoms with Crippen molar-refractivity contribution in [2.75, 3.05) is 47.5 Å². The number of hydrogen-bond acceptors (Lipinski definition) is 8. The first kappa shape index (κ1) is 53.7. The number of carbonyl (C=O) groups excluding carboxylic acids is 2. The van der Waals surface area contributed by atoms with E-state index in [0.29, 0.717) is 23.9 Å². The number of unbranched alkanes of at least 4 members (excludes halogenated alkanes) is 15. The number of esters is 2. The summed E-state index contributed by atoms with van der Waals surface area (Å²) >= 11 is 0. The van der Waals surface area contributed by atoms with Crippen molar-refractivity contribution in [1.29, 1.82) is 0 Å². The van der Waals surface area contributed by atoms with Gasteiger partial charge in [-0.15, -0.1) is 0 Å². The molecule has 0 heterocycles. The van der Waals surface area contributed by atoms with Gasteiger partial charge in [-0.05, 0) is 51.4 Å². The Hall–Kier alpha value is -2.29. The SMILES string of the molecule is CC/C=C\C/C=C\C/C=C\C/C=C\C/C=C\CCCC(=O)O[C@H](COC(=O)CCCCCCCCCCCCCCCCC)COP(=O)([O-])OCC[N+](C)(C)C. The fourth-order valence-corrected chi connectivity index (χ4v) is 6.36. The maximum absolute atomic E-state index is 12.6. The molecule has 0 radical (unpaired) electrons. The predicted octanol–water partition coefficient (Wildman–Crippen LogP) is 11.8. The summed E-state index contributed by atoms with van der Waals surface area (Å²) in [5.41, 5.74) is 0. The van der Waals surface area contributed by atoms with E-state index in [1.165, 1.54) is 77.0 Å². The van der Waals surface area contributed by atoms with E-state index in [9.17, 15) is 19.0 Å². The molecule has 0 aromatic rings. The highest BCUT2D eigenvalue weighted by Gasteiger charge is 2.21. The lowest BCUT2D eigenvalue weighted by Gasteiger charge is -2.28. The molecule has 0 spiro atoms. The normalized spacial score (nSPS) is 14.2. The molecule has 56 heavy (non-hydrogen) atoms. The van der Waals surface area contributed by atoms with Gasteiger partial charge in [-0.2, -0.15) is 0 Å². The van der Waals surface area contributed by atoms with Gasteiger partial charge < -0.3 is 27.9 Å². The topological polar surface area (TPSA) is 111 Å². The van der Waals surface area contributed by atoms with Crippen molar-refractivity contribution < 1.29 is 42.1 Å². The van der Waals surface area contributed by atoms with Crippen LogP contribution in [0.25, 0.3) is 0 Å². The average Bonchev–Trinajstić information content (AvgIpc) is 3.15. The Morgan fingerprint density at radius 3 is 1.50 bits per heavy atom. The highest BCUT2D eigenvalue weighted by molar-refractivity contribution is 7.45. The number of nitrogens with zero attached hydrogens (tertiary/aromatic N) is 1. The lowest BCUT2D eigenvalue weighted by Crippen LogP contribution is -2.37. The van der Waals surface area contributed by atoms with Gasteiger partial charge in [0, 0.05) is 12.8 Å². The molecule has 0 aromatic carbocycles. The van der Waals surface area contributed by atoms with Crippen molar-refractivity contribution in [3.05, 3.63) is 60.8 Å². The second-order valence-corrected chi connectivity index (χ2v) is 17.1. The zero-order valence-electron chi connectivity index (χ0n) is 36.3. The van der Waals surface area contributed by atoms with Crippen LogP contribution in [0, 0.1) is 0 Å². The third-order valence-electron chi connectivity index (χ3n) is 9.05. The Labute approximate surface area is 343 Å². The molecule has 0 saturated carbocycles. The van der Waals surface area contributed by atoms with E-state index in [-0.39, 0.29) is 26.1 Å². The summed E-state index contributed by atoms with van der Waals surface area (Å²) in [5.74, 6) is -0.903. The molecule has 0 bridgehead atoms. The molecule has 0 aromatic heterocycles. The largest absolute Gasteiger partial charge is 0.756 e. The number of ether oxygens (including phenoxy) is 2. The summed E-state index contributed by atoms with van der Waals surface area (Å²) < 4.78 is 33.8. The summed E-state index contributed by atoms with van der Waals surface area (Å²) in [5, 5.41) is 0. The van der Waals surface area contributed by atoms with Gasteiger partial charge in [0.15, 0.2) is 6.10 Å². The van der Waals surface area contributed by atoms with Crippen molar-refractivity contribution in [3.8, 4) is 0 Å². The van der Waals surface area contributed by atoms with Crippen LogP contribution in [0.1, 0.15) is 168 Å². The number of allylic oxidation sites excluding steroid dienone is 10. The van der Waals surface area contributed by atoms with E-state index in [0.717, 1.165) is 51.4 Å². The molecule has 10 heteroatoms. The van der Waals surface area contributed by atoms with E-state index < -0.39 is 32.5 Å². The highest BCUT2D eigenvalue weighted by Crippen LogP contribution is 2.38. The monoisotopic (exact) mass is 808 g/mol. The van der Waals surface area contributed by atoms with Crippen LogP contribution in [0.4, 0.5) is 0 Å². The average molecular weight is 808 g/mol. The molecule has 9 nitrogen and oxygen atoms in total. The Morgan fingerprint density at radius 1 is 0.571 bits per heavy atom. The van der Waals surface area contributed by atoms with E-state index in [1.807, 2.05) is 27.2 Å². The standard InChI is InChI=1S/C46H82NO8P/c1-6-8-10-12-14-16-18-20-22-23-25-27-29-31-33-35-37-39-46(49)55-44(43-54-56(50,51)53-41-40-47(3,4)5)42-52-45(48)38-36-34-32-30-28-26-24-21-19-17-15-13-11-9-7-2/h8,10,14,16,20,22,25,27,31,33,44H,6-7,9,11-13,15,17-19,21,23-24,26,28-30,32,34-43H2,1-5H3/b10-8-,16-14-,22-20-,27-25-,33-31-/t44-/m1/s1. The predicted molar refractivity (Wildman–Crippen MR) is 231 cm³/mol. The summed E-state index contributed by atoms with van der Waals surface area (Å²) in [6.07, 6.45) is 45.4. The van der Waals surface area contributed by atoms with Gasteiger partial charge in [-0.25, -0.2) is 0 Å². The fourth-order valence-electron chi connectivity index (χ4n) is 5.63. The zero-order valence-corrected chi connectivity index (χ0v) is 37.2. The Bertz CT molecular complexity index is 1140. The number of carbonyl (C=O) groups is 2. The molecule has 2 atom stereocenters. The maximum atomic E-state index is 12.6. The smallest absolute Gasteiger partial charge is 0.306 e. The molecular formula is C46H82NO8P. The quantitative estimate of drug-likeness (QED) is 0.0198. The number of likely N-dealkylation sites (N-methyl/N-ethyl adjacent to an activating group) is 1. The molecular weight excluding hydrogens is 725 g/mol. The molecule has 1 unspecified atom stereocenters. The van der Waals surface area contributed by atoms with Crippen molar-refractivity contribution in [3.63, 3.8) is 0 Å². The van der Waals surface area contributed by atoms with Gasteiger partial charge >= 0.3 is 11.9 Å². The molecule has 0 aliphatic heterocycles. The lowest BCUT2D eigenvalue weighted by atomic mass is 10.0. The Kier molecular flexibility index (Phi) is 36.7. The van der Waals surface area contributed by atoms with E-state index >= 15 is 0 Å². The number of phosphoric acid groups is 1. The molecule has 0 amide bonds. The maximum Gasteiger partial charge on any atom is 0.306 e. The van der Waals surface area contributed by atoms with Gasteiger partial charge in [0.1, 0.15) is 19.8 Å². The van der Waals surface area contributed by atoms with Gasteiger partial charge in [0.05, 0.1) is 27.7 Å². The summed E-state index contributed by atoms with van der Waals surface area (Å²) in [6, 6.07) is 0. The van der Waals surface area contributed by atoms with Crippen LogP contribution in [-0.2, 0) is 32.7 Å². The van der Waals surface area contributed by atoms with Crippen LogP contribution in [-0.4, -0.2) is 70.0 Å². The molecule has 0 saturated heterocycles. The van der Waals surface area contributed by atoms with Crippen LogP contribution in [0.3, 0.4) is 0 Å². The van der Waals surface area contributed by atoms with Crippen LogP contribution in [0.5, 0.6) is 0 Å². The Morgan fingerprint density at radius 2 is 1.02 bits per heavy atom. The zero-order chi connectivity index (χ0) is 41.4. The first-order valence-electron chi connectivity index (χ1n) is 22.0. The third-order valence-corrected chi connectivity index (χ3v) is 10.0. The number of phosphoric ester groups is 1. The van der Waals surface area contributed by atoms with E-state index in [4.69, 9.17) is 18.5 Å². The van der Waals surface area contributed by atoms with Gasteiger partial charge in [0.25, 0.3) is 7.82 Å². The molecule has 324 valence electrons. The van der Waals surface area contributed by atoms with E-state index in [2.05, 4.69) is 68.5 Å². The van der Waals surface area contributed by atoms with Crippen LogP contribution in [0.2, 0.25) is 0 Å². The second kappa shape index (κ2) is 38.2. The van der Waals surface area contributed by atoms with Gasteiger partial charge in [-0.1, -0.05) is 164 Å². The molecule has 0 N–H and O–H groups in total. The summed E-state index contributed by atoms with van der Waals surface area (Å²) in [7, 11) is 1.12. The molecule has 0 fully saturated rings. The van der Waals surface area contributed by atoms with Crippen LogP contribution >= 0.6 is 7.82 Å². The van der Waals surface area contributed by atoms with Crippen molar-refractivity contribution in [1.82, 2.24) is 0 Å². The number of rotatable bonds is 39. The molecule has 0 aliphatic carbocycles. The van der Waals surface area contributed by atoms with Crippen molar-refractivity contribution in [2.45, 2.75) is 174 Å².